The third-order valence-corrected chi connectivity index (χ3v) is 2.97. The standard InChI is InChI=1S/C13H17N5O3.2ClH/c1-3-14-4-5-15-11(19)8-6-7(2)9-10(16-8)17-13(21)18-12(9)20;;/h6,14H,3-5H2,1-2H3,(H,15,19)(H2,16,17,18,20,21);2*1H. The molecule has 0 aliphatic carbocycles. The van der Waals surface area contributed by atoms with E-state index >= 15 is 0 Å². The van der Waals surface area contributed by atoms with Crippen molar-refractivity contribution in [3.05, 3.63) is 38.2 Å². The van der Waals surface area contributed by atoms with E-state index in [4.69, 9.17) is 0 Å². The van der Waals surface area contributed by atoms with Gasteiger partial charge in [-0.15, -0.1) is 24.8 Å². The number of halogens is 2. The SMILES string of the molecule is CCNCCNC(=O)c1cc(C)c2c(=O)[nH]c(=O)[nH]c2n1.Cl.Cl. The molecule has 8 nitrogen and oxygen atoms in total. The van der Waals surface area contributed by atoms with E-state index in [-0.39, 0.29) is 47.4 Å². The molecule has 0 aromatic carbocycles. The number of hydrogen-bond donors (Lipinski definition) is 4. The first kappa shape index (κ1) is 21.1. The van der Waals surface area contributed by atoms with Gasteiger partial charge >= 0.3 is 5.69 Å². The van der Waals surface area contributed by atoms with Gasteiger partial charge in [-0.3, -0.25) is 19.6 Å². The number of carbonyl (C=O) groups excluding carboxylic acids is 1. The fourth-order valence-electron chi connectivity index (χ4n) is 2.00. The van der Waals surface area contributed by atoms with Crippen molar-refractivity contribution in [2.24, 2.45) is 0 Å². The largest absolute Gasteiger partial charge is 0.349 e. The number of amides is 1. The summed E-state index contributed by atoms with van der Waals surface area (Å²) in [5.74, 6) is -0.348. The van der Waals surface area contributed by atoms with Crippen LogP contribution in [0.3, 0.4) is 0 Å². The average Bonchev–Trinajstić information content (AvgIpc) is 2.42. The second kappa shape index (κ2) is 9.29. The molecular weight excluding hydrogens is 345 g/mol. The van der Waals surface area contributed by atoms with Gasteiger partial charge in [0.05, 0.1) is 5.39 Å². The van der Waals surface area contributed by atoms with Gasteiger partial charge in [0.1, 0.15) is 11.3 Å². The Morgan fingerprint density at radius 3 is 2.57 bits per heavy atom. The van der Waals surface area contributed by atoms with Crippen LogP contribution in [0.5, 0.6) is 0 Å². The zero-order chi connectivity index (χ0) is 15.4. The van der Waals surface area contributed by atoms with Gasteiger partial charge in [0.25, 0.3) is 11.5 Å². The second-order valence-corrected chi connectivity index (χ2v) is 4.57. The fourth-order valence-corrected chi connectivity index (χ4v) is 2.00. The Kier molecular flexibility index (Phi) is 8.52. The van der Waals surface area contributed by atoms with E-state index in [1.54, 1.807) is 6.92 Å². The van der Waals surface area contributed by atoms with Crippen LogP contribution in [0.25, 0.3) is 11.0 Å². The van der Waals surface area contributed by atoms with Crippen molar-refractivity contribution in [1.82, 2.24) is 25.6 Å². The molecule has 0 spiro atoms. The summed E-state index contributed by atoms with van der Waals surface area (Å²) in [5.41, 5.74) is -0.311. The third kappa shape index (κ3) is 5.05. The van der Waals surface area contributed by atoms with E-state index in [1.807, 2.05) is 6.92 Å². The van der Waals surface area contributed by atoms with Gasteiger partial charge in [0.15, 0.2) is 0 Å². The number of fused-ring (bicyclic) bond motifs is 1. The molecule has 0 radical (unpaired) electrons. The van der Waals surface area contributed by atoms with Gasteiger partial charge < -0.3 is 10.6 Å². The molecule has 2 aromatic heterocycles. The number of aryl methyl sites for hydroxylation is 1. The molecule has 2 rings (SSSR count). The Morgan fingerprint density at radius 2 is 1.91 bits per heavy atom. The lowest BCUT2D eigenvalue weighted by Crippen LogP contribution is -2.32. The lowest BCUT2D eigenvalue weighted by atomic mass is 10.1. The van der Waals surface area contributed by atoms with Crippen LogP contribution in [0.4, 0.5) is 0 Å². The van der Waals surface area contributed by atoms with Crippen molar-refractivity contribution in [2.75, 3.05) is 19.6 Å². The quantitative estimate of drug-likeness (QED) is 0.561. The van der Waals surface area contributed by atoms with Crippen LogP contribution in [-0.4, -0.2) is 40.5 Å². The Labute approximate surface area is 144 Å². The first-order chi connectivity index (χ1) is 10.0. The molecule has 0 atom stereocenters. The van der Waals surface area contributed by atoms with E-state index in [2.05, 4.69) is 25.6 Å². The van der Waals surface area contributed by atoms with Gasteiger partial charge in [0.2, 0.25) is 0 Å². The summed E-state index contributed by atoms with van der Waals surface area (Å²) in [6.45, 7) is 5.62. The van der Waals surface area contributed by atoms with Gasteiger partial charge in [-0.25, -0.2) is 9.78 Å². The highest BCUT2D eigenvalue weighted by molar-refractivity contribution is 5.95. The molecule has 2 heterocycles. The number of pyridine rings is 1. The van der Waals surface area contributed by atoms with E-state index < -0.39 is 11.2 Å². The third-order valence-electron chi connectivity index (χ3n) is 2.97. The lowest BCUT2D eigenvalue weighted by molar-refractivity contribution is 0.0949. The van der Waals surface area contributed by atoms with Gasteiger partial charge in [-0.2, -0.15) is 0 Å². The number of rotatable bonds is 5. The molecule has 0 aliphatic rings. The van der Waals surface area contributed by atoms with Gasteiger partial charge in [0, 0.05) is 13.1 Å². The minimum Gasteiger partial charge on any atom is -0.349 e. The molecule has 0 unspecified atom stereocenters. The summed E-state index contributed by atoms with van der Waals surface area (Å²) in [6.07, 6.45) is 0. The molecule has 128 valence electrons. The summed E-state index contributed by atoms with van der Waals surface area (Å²) in [6, 6.07) is 1.53. The van der Waals surface area contributed by atoms with Crippen molar-refractivity contribution >= 4 is 41.8 Å². The van der Waals surface area contributed by atoms with E-state index in [0.717, 1.165) is 6.54 Å². The summed E-state index contributed by atoms with van der Waals surface area (Å²) in [5, 5.41) is 6.07. The van der Waals surface area contributed by atoms with Crippen LogP contribution in [0.2, 0.25) is 0 Å². The highest BCUT2D eigenvalue weighted by Gasteiger charge is 2.12. The maximum Gasteiger partial charge on any atom is 0.327 e. The van der Waals surface area contributed by atoms with E-state index in [9.17, 15) is 14.4 Å². The number of hydrogen-bond acceptors (Lipinski definition) is 5. The molecule has 0 saturated heterocycles. The molecule has 0 aliphatic heterocycles. The Hall–Kier alpha value is -1.90. The number of nitrogens with zero attached hydrogens (tertiary/aromatic N) is 1. The molecule has 4 N–H and O–H groups in total. The van der Waals surface area contributed by atoms with Crippen LogP contribution in [0.15, 0.2) is 15.7 Å². The van der Waals surface area contributed by atoms with Crippen LogP contribution in [0.1, 0.15) is 23.0 Å². The van der Waals surface area contributed by atoms with Crippen LogP contribution in [0, 0.1) is 6.92 Å². The number of aromatic nitrogens is 3. The van der Waals surface area contributed by atoms with Crippen molar-refractivity contribution in [3.63, 3.8) is 0 Å². The zero-order valence-electron chi connectivity index (χ0n) is 12.7. The van der Waals surface area contributed by atoms with Gasteiger partial charge in [-0.1, -0.05) is 6.92 Å². The Morgan fingerprint density at radius 1 is 1.22 bits per heavy atom. The van der Waals surface area contributed by atoms with E-state index in [1.165, 1.54) is 6.07 Å². The van der Waals surface area contributed by atoms with Crippen LogP contribution in [-0.2, 0) is 0 Å². The average molecular weight is 364 g/mol. The van der Waals surface area contributed by atoms with Gasteiger partial charge in [-0.05, 0) is 25.1 Å². The lowest BCUT2D eigenvalue weighted by Gasteiger charge is -2.07. The number of H-pyrrole nitrogens is 2. The maximum atomic E-state index is 12.0. The monoisotopic (exact) mass is 363 g/mol. The highest BCUT2D eigenvalue weighted by Crippen LogP contribution is 2.10. The van der Waals surface area contributed by atoms with Crippen molar-refractivity contribution in [1.29, 1.82) is 0 Å². The molecule has 23 heavy (non-hydrogen) atoms. The predicted octanol–water partition coefficient (Wildman–Crippen LogP) is 0.103. The molecular formula is C13H19Cl2N5O3. The number of aromatic amines is 2. The fraction of sp³-hybridized carbons (Fsp3) is 0.385. The summed E-state index contributed by atoms with van der Waals surface area (Å²) >= 11 is 0. The zero-order valence-corrected chi connectivity index (χ0v) is 14.3. The predicted molar refractivity (Wildman–Crippen MR) is 93.1 cm³/mol. The normalized spacial score (nSPS) is 9.83. The van der Waals surface area contributed by atoms with Crippen molar-refractivity contribution < 1.29 is 4.79 Å². The first-order valence-corrected chi connectivity index (χ1v) is 6.65. The molecule has 10 heteroatoms. The summed E-state index contributed by atoms with van der Waals surface area (Å²) in [7, 11) is 0. The smallest absolute Gasteiger partial charge is 0.327 e. The van der Waals surface area contributed by atoms with Crippen molar-refractivity contribution in [2.45, 2.75) is 13.8 Å². The topological polar surface area (TPSA) is 120 Å². The Balaban J connectivity index is 0.00000242. The minimum absolute atomic E-state index is 0. The minimum atomic E-state index is -0.649. The summed E-state index contributed by atoms with van der Waals surface area (Å²) in [4.78, 5) is 43.6. The van der Waals surface area contributed by atoms with E-state index in [0.29, 0.717) is 18.7 Å². The number of carbonyl (C=O) groups is 1. The number of nitrogens with one attached hydrogen (secondary N) is 4. The number of likely N-dealkylation sites (N-methyl/N-ethyl adjacent to an activating group) is 1. The highest BCUT2D eigenvalue weighted by atomic mass is 35.5. The van der Waals surface area contributed by atoms with Crippen LogP contribution < -0.4 is 21.9 Å². The molecule has 0 fully saturated rings. The summed E-state index contributed by atoms with van der Waals surface area (Å²) < 4.78 is 0. The van der Waals surface area contributed by atoms with Crippen molar-refractivity contribution in [3.8, 4) is 0 Å². The molecule has 2 aromatic rings. The molecule has 0 bridgehead atoms. The Bertz CT molecular complexity index is 787. The second-order valence-electron chi connectivity index (χ2n) is 4.57. The maximum absolute atomic E-state index is 12.0. The molecule has 0 saturated carbocycles. The first-order valence-electron chi connectivity index (χ1n) is 6.65. The van der Waals surface area contributed by atoms with Crippen LogP contribution >= 0.6 is 24.8 Å². The molecule has 1 amide bonds.